The van der Waals surface area contributed by atoms with Crippen LogP contribution in [0.3, 0.4) is 0 Å². The van der Waals surface area contributed by atoms with Gasteiger partial charge in [0.2, 0.25) is 0 Å². The second-order valence-corrected chi connectivity index (χ2v) is 10.9. The number of urea groups is 1. The Bertz CT molecular complexity index is 1460. The third-order valence-corrected chi connectivity index (χ3v) is 7.49. The highest BCUT2D eigenvalue weighted by Gasteiger charge is 2.28. The van der Waals surface area contributed by atoms with E-state index >= 15 is 0 Å². The number of carboxylic acid groups (broad SMARTS) is 1. The van der Waals surface area contributed by atoms with E-state index in [0.717, 1.165) is 43.9 Å². The summed E-state index contributed by atoms with van der Waals surface area (Å²) in [5.74, 6) is -2.57. The Morgan fingerprint density at radius 1 is 0.886 bits per heavy atom. The molecule has 5 N–H and O–H groups in total. The van der Waals surface area contributed by atoms with Gasteiger partial charge in [-0.05, 0) is 71.3 Å². The van der Waals surface area contributed by atoms with Gasteiger partial charge in [0.15, 0.2) is 6.10 Å². The standard InChI is InChI=1S/C32H33F4N3O5/c33-25-14-19(17-32(34,35)36)15-26(16-25)38-31(44)39-28(22-8-6-21(7-9-22)20-4-2-1-3-5-20)23-10-12-24(13-11-23)29(41)37-18-27(40)30(42)43/h6-16,20,27-28,40H,1-5,17-18H2,(H,37,41)(H,42,43)(H2,38,39,44)/t27-,28?/m1/s1. The van der Waals surface area contributed by atoms with E-state index in [-0.39, 0.29) is 16.8 Å². The third-order valence-electron chi connectivity index (χ3n) is 7.49. The fourth-order valence-electron chi connectivity index (χ4n) is 5.32. The molecule has 0 saturated heterocycles. The van der Waals surface area contributed by atoms with Crippen LogP contribution in [0.25, 0.3) is 0 Å². The van der Waals surface area contributed by atoms with Crippen molar-refractivity contribution < 1.29 is 42.2 Å². The molecule has 1 aliphatic carbocycles. The fraction of sp³-hybridized carbons (Fsp3) is 0.344. The first-order chi connectivity index (χ1) is 20.9. The van der Waals surface area contributed by atoms with Crippen LogP contribution >= 0.6 is 0 Å². The molecule has 1 saturated carbocycles. The van der Waals surface area contributed by atoms with Gasteiger partial charge in [0.1, 0.15) is 5.82 Å². The van der Waals surface area contributed by atoms with E-state index in [2.05, 4.69) is 16.0 Å². The van der Waals surface area contributed by atoms with Crippen LogP contribution in [-0.4, -0.2) is 46.9 Å². The van der Waals surface area contributed by atoms with E-state index in [1.54, 1.807) is 12.1 Å². The van der Waals surface area contributed by atoms with Gasteiger partial charge in [-0.15, -0.1) is 0 Å². The lowest BCUT2D eigenvalue weighted by Crippen LogP contribution is -2.36. The number of nitrogens with one attached hydrogen (secondary N) is 3. The lowest BCUT2D eigenvalue weighted by Gasteiger charge is -2.24. The number of halogens is 4. The van der Waals surface area contributed by atoms with Gasteiger partial charge in [-0.1, -0.05) is 55.7 Å². The minimum atomic E-state index is -4.55. The number of benzene rings is 3. The molecule has 0 radical (unpaired) electrons. The highest BCUT2D eigenvalue weighted by atomic mass is 19.4. The van der Waals surface area contributed by atoms with Gasteiger partial charge in [-0.2, -0.15) is 13.2 Å². The summed E-state index contributed by atoms with van der Waals surface area (Å²) in [7, 11) is 0. The number of carboxylic acids is 1. The van der Waals surface area contributed by atoms with Gasteiger partial charge in [0.25, 0.3) is 5.91 Å². The van der Waals surface area contributed by atoms with Crippen molar-refractivity contribution in [2.45, 2.75) is 62.8 Å². The summed E-state index contributed by atoms with van der Waals surface area (Å²) in [5, 5.41) is 25.7. The van der Waals surface area contributed by atoms with Crippen molar-refractivity contribution in [2.75, 3.05) is 11.9 Å². The average Bonchev–Trinajstić information content (AvgIpc) is 2.98. The molecule has 0 heterocycles. The van der Waals surface area contributed by atoms with Crippen molar-refractivity contribution in [3.63, 3.8) is 0 Å². The number of rotatable bonds is 10. The van der Waals surface area contributed by atoms with Gasteiger partial charge in [0.05, 0.1) is 19.0 Å². The SMILES string of the molecule is O=C(Nc1cc(F)cc(CC(F)(F)F)c1)NC(c1ccc(C(=O)NC[C@@H](O)C(=O)O)cc1)c1ccc(C2CCCCC2)cc1. The summed E-state index contributed by atoms with van der Waals surface area (Å²) in [6.07, 6.45) is -1.93. The highest BCUT2D eigenvalue weighted by molar-refractivity contribution is 5.94. The molecule has 4 rings (SSSR count). The number of anilines is 1. The van der Waals surface area contributed by atoms with E-state index in [9.17, 15) is 37.1 Å². The number of aliphatic hydroxyl groups excluding tert-OH is 1. The molecule has 0 aliphatic heterocycles. The molecular weight excluding hydrogens is 582 g/mol. The predicted octanol–water partition coefficient (Wildman–Crippen LogP) is 6.06. The summed E-state index contributed by atoms with van der Waals surface area (Å²) >= 11 is 0. The minimum absolute atomic E-state index is 0.149. The molecule has 1 unspecified atom stereocenters. The Hall–Kier alpha value is -4.45. The zero-order valence-electron chi connectivity index (χ0n) is 23.7. The van der Waals surface area contributed by atoms with E-state index in [4.69, 9.17) is 5.11 Å². The molecule has 8 nitrogen and oxygen atoms in total. The largest absolute Gasteiger partial charge is 0.479 e. The number of alkyl halides is 3. The zero-order valence-corrected chi connectivity index (χ0v) is 23.7. The fourth-order valence-corrected chi connectivity index (χ4v) is 5.32. The first-order valence-electron chi connectivity index (χ1n) is 14.2. The monoisotopic (exact) mass is 615 g/mol. The Morgan fingerprint density at radius 2 is 1.50 bits per heavy atom. The second-order valence-electron chi connectivity index (χ2n) is 10.9. The number of carbonyl (C=O) groups is 3. The predicted molar refractivity (Wildman–Crippen MR) is 155 cm³/mol. The summed E-state index contributed by atoms with van der Waals surface area (Å²) in [6, 6.07) is 15.1. The van der Waals surface area contributed by atoms with Gasteiger partial charge < -0.3 is 26.2 Å². The number of carbonyl (C=O) groups excluding carboxylic acids is 2. The number of aliphatic carboxylic acids is 1. The summed E-state index contributed by atoms with van der Waals surface area (Å²) in [5.41, 5.74) is 2.13. The quantitative estimate of drug-likeness (QED) is 0.177. The first kappa shape index (κ1) is 32.5. The molecule has 2 atom stereocenters. The zero-order chi connectivity index (χ0) is 31.9. The minimum Gasteiger partial charge on any atom is -0.479 e. The third kappa shape index (κ3) is 9.27. The van der Waals surface area contributed by atoms with Crippen molar-refractivity contribution in [1.29, 1.82) is 0 Å². The van der Waals surface area contributed by atoms with Crippen LogP contribution in [-0.2, 0) is 11.2 Å². The number of hydrogen-bond donors (Lipinski definition) is 5. The molecule has 0 spiro atoms. The molecule has 3 aromatic rings. The van der Waals surface area contributed by atoms with E-state index in [1.807, 2.05) is 24.3 Å². The van der Waals surface area contributed by atoms with Gasteiger partial charge in [-0.3, -0.25) is 4.79 Å². The smallest absolute Gasteiger partial charge is 0.393 e. The maximum Gasteiger partial charge on any atom is 0.393 e. The van der Waals surface area contributed by atoms with E-state index in [1.165, 1.54) is 24.1 Å². The van der Waals surface area contributed by atoms with Crippen molar-refractivity contribution in [1.82, 2.24) is 10.6 Å². The van der Waals surface area contributed by atoms with Crippen LogP contribution in [0.15, 0.2) is 66.7 Å². The normalized spacial score (nSPS) is 15.2. The number of hydrogen-bond acceptors (Lipinski definition) is 4. The van der Waals surface area contributed by atoms with E-state index < -0.39 is 55.0 Å². The molecule has 0 aromatic heterocycles. The van der Waals surface area contributed by atoms with Crippen LogP contribution in [0.5, 0.6) is 0 Å². The molecule has 1 aliphatic rings. The molecule has 234 valence electrons. The van der Waals surface area contributed by atoms with Crippen LogP contribution in [0.2, 0.25) is 0 Å². The number of amides is 3. The van der Waals surface area contributed by atoms with Gasteiger partial charge in [0, 0.05) is 11.3 Å². The van der Waals surface area contributed by atoms with Gasteiger partial charge >= 0.3 is 18.2 Å². The second kappa shape index (κ2) is 14.3. The Balaban J connectivity index is 1.55. The van der Waals surface area contributed by atoms with Crippen LogP contribution in [0.4, 0.5) is 28.0 Å². The van der Waals surface area contributed by atoms with E-state index in [0.29, 0.717) is 17.0 Å². The topological polar surface area (TPSA) is 128 Å². The van der Waals surface area contributed by atoms with Crippen molar-refractivity contribution in [3.8, 4) is 0 Å². The lowest BCUT2D eigenvalue weighted by molar-refractivity contribution is -0.146. The van der Waals surface area contributed by atoms with Crippen molar-refractivity contribution >= 4 is 23.6 Å². The maximum atomic E-state index is 14.1. The van der Waals surface area contributed by atoms with Crippen LogP contribution < -0.4 is 16.0 Å². The molecule has 3 amide bonds. The molecule has 1 fully saturated rings. The first-order valence-corrected chi connectivity index (χ1v) is 14.2. The lowest BCUT2D eigenvalue weighted by atomic mass is 9.83. The molecule has 44 heavy (non-hydrogen) atoms. The van der Waals surface area contributed by atoms with Crippen LogP contribution in [0, 0.1) is 5.82 Å². The summed E-state index contributed by atoms with van der Waals surface area (Å²) in [6.45, 7) is -0.488. The highest BCUT2D eigenvalue weighted by Crippen LogP contribution is 2.34. The average molecular weight is 616 g/mol. The molecule has 0 bridgehead atoms. The Kier molecular flexibility index (Phi) is 10.6. The van der Waals surface area contributed by atoms with Crippen molar-refractivity contribution in [2.24, 2.45) is 0 Å². The van der Waals surface area contributed by atoms with Crippen LogP contribution in [0.1, 0.15) is 76.7 Å². The Morgan fingerprint density at radius 3 is 2.09 bits per heavy atom. The number of aliphatic hydroxyl groups is 1. The maximum absolute atomic E-state index is 14.1. The molecule has 12 heteroatoms. The van der Waals surface area contributed by atoms with Gasteiger partial charge in [-0.25, -0.2) is 14.0 Å². The molecular formula is C32H33F4N3O5. The molecule has 3 aromatic carbocycles. The summed E-state index contributed by atoms with van der Waals surface area (Å²) < 4.78 is 52.7. The van der Waals surface area contributed by atoms with Crippen molar-refractivity contribution in [3.05, 3.63) is 100 Å². The summed E-state index contributed by atoms with van der Waals surface area (Å²) in [4.78, 5) is 36.3. The Labute approximate surface area is 251 Å².